The number of alkyl halides is 3. The van der Waals surface area contributed by atoms with E-state index in [1.54, 1.807) is 7.05 Å². The molecule has 0 bridgehead atoms. The maximum atomic E-state index is 12.5. The third-order valence-corrected chi connectivity index (χ3v) is 4.57. The molecule has 27 heavy (non-hydrogen) atoms. The summed E-state index contributed by atoms with van der Waals surface area (Å²) in [6.07, 6.45) is -3.48. The zero-order valence-electron chi connectivity index (χ0n) is 15.1. The first-order chi connectivity index (χ1) is 12.4. The highest BCUT2D eigenvalue weighted by atomic mass is 127. The summed E-state index contributed by atoms with van der Waals surface area (Å²) in [7, 11) is 1.67. The topological polar surface area (TPSA) is 39.7 Å². The van der Waals surface area contributed by atoms with Crippen molar-refractivity contribution < 1.29 is 13.2 Å². The summed E-state index contributed by atoms with van der Waals surface area (Å²) in [6.45, 7) is 0.555. The number of rotatable bonds is 4. The van der Waals surface area contributed by atoms with Crippen molar-refractivity contribution in [2.45, 2.75) is 25.2 Å². The van der Waals surface area contributed by atoms with E-state index in [0.717, 1.165) is 5.56 Å². The Bertz CT molecular complexity index is 774. The first-order valence-corrected chi connectivity index (χ1v) is 8.67. The third kappa shape index (κ3) is 6.24. The van der Waals surface area contributed by atoms with E-state index in [0.29, 0.717) is 32.0 Å². The van der Waals surface area contributed by atoms with Crippen molar-refractivity contribution in [2.75, 3.05) is 26.7 Å². The lowest BCUT2D eigenvalue weighted by Gasteiger charge is -2.20. The first-order valence-electron chi connectivity index (χ1n) is 8.67. The van der Waals surface area contributed by atoms with Gasteiger partial charge in [-0.25, -0.2) is 0 Å². The lowest BCUT2D eigenvalue weighted by molar-refractivity contribution is -0.143. The lowest BCUT2D eigenvalue weighted by atomic mass is 10.0. The number of halogens is 4. The van der Waals surface area contributed by atoms with Gasteiger partial charge in [-0.2, -0.15) is 13.2 Å². The van der Waals surface area contributed by atoms with E-state index in [2.05, 4.69) is 39.9 Å². The minimum absolute atomic E-state index is 0. The van der Waals surface area contributed by atoms with Crippen LogP contribution in [0.1, 0.15) is 12.0 Å². The Balaban J connectivity index is 0.00000261. The average molecular weight is 492 g/mol. The van der Waals surface area contributed by atoms with Crippen LogP contribution in [0, 0.1) is 0 Å². The Morgan fingerprint density at radius 1 is 1.19 bits per heavy atom. The van der Waals surface area contributed by atoms with Crippen LogP contribution in [-0.2, 0) is 6.54 Å². The van der Waals surface area contributed by atoms with Crippen LogP contribution in [0.25, 0.3) is 10.8 Å². The van der Waals surface area contributed by atoms with E-state index in [1.807, 2.05) is 18.2 Å². The second-order valence-corrected chi connectivity index (χ2v) is 6.54. The fourth-order valence-corrected chi connectivity index (χ4v) is 3.36. The monoisotopic (exact) mass is 492 g/mol. The minimum atomic E-state index is -4.15. The van der Waals surface area contributed by atoms with Crippen molar-refractivity contribution in [1.29, 1.82) is 0 Å². The van der Waals surface area contributed by atoms with E-state index in [-0.39, 0.29) is 30.0 Å². The second kappa shape index (κ2) is 9.59. The molecule has 2 aromatic carbocycles. The molecule has 2 N–H and O–H groups in total. The quantitative estimate of drug-likeness (QED) is 0.388. The molecule has 1 fully saturated rings. The largest absolute Gasteiger partial charge is 0.401 e. The van der Waals surface area contributed by atoms with E-state index in [4.69, 9.17) is 0 Å². The molecule has 1 atom stereocenters. The molecular formula is C19H24F3IN4. The molecule has 0 radical (unpaired) electrons. The molecule has 148 valence electrons. The van der Waals surface area contributed by atoms with Crippen molar-refractivity contribution in [3.63, 3.8) is 0 Å². The van der Waals surface area contributed by atoms with E-state index >= 15 is 0 Å². The molecule has 8 heteroatoms. The molecule has 4 nitrogen and oxygen atoms in total. The lowest BCUT2D eigenvalue weighted by Crippen LogP contribution is -2.44. The number of hydrogen-bond donors (Lipinski definition) is 2. The summed E-state index contributed by atoms with van der Waals surface area (Å²) >= 11 is 0. The fraction of sp³-hybridized carbons (Fsp3) is 0.421. The maximum absolute atomic E-state index is 12.5. The van der Waals surface area contributed by atoms with Crippen molar-refractivity contribution in [2.24, 2.45) is 4.99 Å². The summed E-state index contributed by atoms with van der Waals surface area (Å²) in [6, 6.07) is 14.3. The van der Waals surface area contributed by atoms with Crippen LogP contribution in [0.2, 0.25) is 0 Å². The molecule has 3 rings (SSSR count). The Kier molecular flexibility index (Phi) is 7.72. The van der Waals surface area contributed by atoms with E-state index in [1.165, 1.54) is 15.7 Å². The third-order valence-electron chi connectivity index (χ3n) is 4.57. The predicted molar refractivity (Wildman–Crippen MR) is 114 cm³/mol. The van der Waals surface area contributed by atoms with Gasteiger partial charge >= 0.3 is 6.18 Å². The van der Waals surface area contributed by atoms with Gasteiger partial charge in [0.2, 0.25) is 0 Å². The molecule has 1 aliphatic rings. The molecule has 2 aromatic rings. The van der Waals surface area contributed by atoms with Crippen molar-refractivity contribution in [3.05, 3.63) is 48.0 Å². The minimum Gasteiger partial charge on any atom is -0.352 e. The van der Waals surface area contributed by atoms with Crippen LogP contribution in [0.5, 0.6) is 0 Å². The Hall–Kier alpha value is -1.55. The zero-order valence-corrected chi connectivity index (χ0v) is 17.4. The van der Waals surface area contributed by atoms with Crippen LogP contribution < -0.4 is 10.6 Å². The van der Waals surface area contributed by atoms with Gasteiger partial charge in [0, 0.05) is 32.7 Å². The number of benzene rings is 2. The standard InChI is InChI=1S/C19H23F3N4.HI/c1-23-18(25-16-9-10-26(12-16)13-19(20,21)22)24-11-15-7-4-6-14-5-2-3-8-17(14)15;/h2-8,16H,9-13H2,1H3,(H2,23,24,25);1H. The molecule has 0 aliphatic carbocycles. The van der Waals surface area contributed by atoms with Gasteiger partial charge in [-0.3, -0.25) is 9.89 Å². The molecular weight excluding hydrogens is 468 g/mol. The van der Waals surface area contributed by atoms with Gasteiger partial charge in [0.15, 0.2) is 5.96 Å². The number of likely N-dealkylation sites (tertiary alicyclic amines) is 1. The van der Waals surface area contributed by atoms with Gasteiger partial charge in [-0.05, 0) is 22.8 Å². The van der Waals surface area contributed by atoms with Crippen LogP contribution in [0.4, 0.5) is 13.2 Å². The highest BCUT2D eigenvalue weighted by Gasteiger charge is 2.34. The summed E-state index contributed by atoms with van der Waals surface area (Å²) in [5.41, 5.74) is 1.15. The molecule has 0 aromatic heterocycles. The highest BCUT2D eigenvalue weighted by molar-refractivity contribution is 14.0. The molecule has 0 amide bonds. The Morgan fingerprint density at radius 2 is 1.93 bits per heavy atom. The summed E-state index contributed by atoms with van der Waals surface area (Å²) in [5, 5.41) is 8.85. The molecule has 1 aliphatic heterocycles. The Morgan fingerprint density at radius 3 is 2.67 bits per heavy atom. The van der Waals surface area contributed by atoms with Crippen molar-refractivity contribution >= 4 is 40.7 Å². The van der Waals surface area contributed by atoms with Gasteiger partial charge in [0.05, 0.1) is 6.54 Å². The van der Waals surface area contributed by atoms with Crippen LogP contribution in [0.3, 0.4) is 0 Å². The smallest absolute Gasteiger partial charge is 0.352 e. The second-order valence-electron chi connectivity index (χ2n) is 6.54. The van der Waals surface area contributed by atoms with Crippen LogP contribution >= 0.6 is 24.0 Å². The SMILES string of the molecule is CN=C(NCc1cccc2ccccc12)NC1CCN(CC(F)(F)F)C1.I. The van der Waals surface area contributed by atoms with Gasteiger partial charge in [0.1, 0.15) is 0 Å². The van der Waals surface area contributed by atoms with Crippen LogP contribution in [-0.4, -0.2) is 49.8 Å². The first kappa shape index (κ1) is 21.7. The van der Waals surface area contributed by atoms with Gasteiger partial charge in [0.25, 0.3) is 0 Å². The number of hydrogen-bond acceptors (Lipinski definition) is 2. The Labute approximate surface area is 174 Å². The summed E-state index contributed by atoms with van der Waals surface area (Å²) in [5.74, 6) is 0.608. The average Bonchev–Trinajstić information content (AvgIpc) is 3.03. The van der Waals surface area contributed by atoms with Crippen molar-refractivity contribution in [3.8, 4) is 0 Å². The fourth-order valence-electron chi connectivity index (χ4n) is 3.36. The van der Waals surface area contributed by atoms with Crippen molar-refractivity contribution in [1.82, 2.24) is 15.5 Å². The normalized spacial score (nSPS) is 18.4. The molecule has 0 saturated carbocycles. The maximum Gasteiger partial charge on any atom is 0.401 e. The summed E-state index contributed by atoms with van der Waals surface area (Å²) < 4.78 is 37.5. The molecule has 0 spiro atoms. The number of fused-ring (bicyclic) bond motifs is 1. The highest BCUT2D eigenvalue weighted by Crippen LogP contribution is 2.20. The van der Waals surface area contributed by atoms with Gasteiger partial charge in [-0.1, -0.05) is 42.5 Å². The van der Waals surface area contributed by atoms with Gasteiger partial charge in [-0.15, -0.1) is 24.0 Å². The number of aliphatic imine (C=N–C) groups is 1. The zero-order chi connectivity index (χ0) is 18.6. The number of guanidine groups is 1. The van der Waals surface area contributed by atoms with Crippen LogP contribution in [0.15, 0.2) is 47.5 Å². The molecule has 1 saturated heterocycles. The predicted octanol–water partition coefficient (Wildman–Crippen LogP) is 3.76. The van der Waals surface area contributed by atoms with E-state index < -0.39 is 12.7 Å². The number of nitrogens with one attached hydrogen (secondary N) is 2. The molecule has 1 unspecified atom stereocenters. The summed E-state index contributed by atoms with van der Waals surface area (Å²) in [4.78, 5) is 5.63. The number of nitrogens with zero attached hydrogens (tertiary/aromatic N) is 2. The molecule has 1 heterocycles. The van der Waals surface area contributed by atoms with Gasteiger partial charge < -0.3 is 10.6 Å². The van der Waals surface area contributed by atoms with E-state index in [9.17, 15) is 13.2 Å².